The van der Waals surface area contributed by atoms with Gasteiger partial charge in [-0.05, 0) is 48.6 Å². The molecular formula is C31H40N2O4. The zero-order valence-electron chi connectivity index (χ0n) is 22.4. The van der Waals surface area contributed by atoms with Gasteiger partial charge in [0.05, 0.1) is 32.5 Å². The lowest BCUT2D eigenvalue weighted by Crippen LogP contribution is -2.48. The minimum absolute atomic E-state index is 0.353. The molecule has 6 nitrogen and oxygen atoms in total. The first-order valence-corrected chi connectivity index (χ1v) is 13.4. The molecule has 2 aromatic carbocycles. The number of hydrogen-bond donors (Lipinski definition) is 0. The number of hydroxylamine groups is 1. The molecule has 3 aromatic rings. The maximum Gasteiger partial charge on any atom is 0.168 e. The summed E-state index contributed by atoms with van der Waals surface area (Å²) in [4.78, 5) is 11.3. The van der Waals surface area contributed by atoms with Crippen molar-refractivity contribution in [2.24, 2.45) is 0 Å². The summed E-state index contributed by atoms with van der Waals surface area (Å²) < 4.78 is 17.3. The molecule has 6 heteroatoms. The third-order valence-electron chi connectivity index (χ3n) is 7.09. The van der Waals surface area contributed by atoms with Crippen LogP contribution in [-0.4, -0.2) is 25.8 Å². The van der Waals surface area contributed by atoms with Crippen molar-refractivity contribution in [2.75, 3.05) is 25.9 Å². The van der Waals surface area contributed by atoms with Gasteiger partial charge in [0, 0.05) is 13.3 Å². The first kappa shape index (κ1) is 27.0. The van der Waals surface area contributed by atoms with Crippen molar-refractivity contribution in [2.45, 2.75) is 70.6 Å². The number of unbranched alkanes of at least 4 members (excludes halogenated alkanes) is 1. The second-order valence-corrected chi connectivity index (χ2v) is 9.62. The van der Waals surface area contributed by atoms with Crippen LogP contribution in [0.25, 0.3) is 0 Å². The molecule has 1 heterocycles. The van der Waals surface area contributed by atoms with Crippen molar-refractivity contribution in [1.82, 2.24) is 4.98 Å². The summed E-state index contributed by atoms with van der Waals surface area (Å²) in [5.41, 5.74) is 3.60. The van der Waals surface area contributed by atoms with Crippen molar-refractivity contribution in [3.05, 3.63) is 83.7 Å². The third kappa shape index (κ3) is 6.43. The van der Waals surface area contributed by atoms with Gasteiger partial charge in [-0.15, -0.1) is 0 Å². The number of methoxy groups -OCH3 is 2. The highest BCUT2D eigenvalue weighted by Gasteiger charge is 2.42. The highest BCUT2D eigenvalue weighted by molar-refractivity contribution is 5.61. The monoisotopic (exact) mass is 504 g/mol. The molecule has 0 bridgehead atoms. The Morgan fingerprint density at radius 2 is 1.65 bits per heavy atom. The molecule has 0 amide bonds. The minimum Gasteiger partial charge on any atom is -0.494 e. The average Bonchev–Trinajstić information content (AvgIpc) is 2.95. The van der Waals surface area contributed by atoms with E-state index in [-0.39, 0.29) is 5.54 Å². The van der Waals surface area contributed by atoms with Crippen LogP contribution in [0, 0.1) is 0 Å². The van der Waals surface area contributed by atoms with E-state index in [4.69, 9.17) is 19.0 Å². The van der Waals surface area contributed by atoms with Crippen molar-refractivity contribution in [3.63, 3.8) is 0 Å². The number of anilines is 1. The van der Waals surface area contributed by atoms with Gasteiger partial charge in [-0.2, -0.15) is 0 Å². The molecule has 1 aliphatic carbocycles. The summed E-state index contributed by atoms with van der Waals surface area (Å²) in [5, 5.41) is 2.10. The van der Waals surface area contributed by atoms with Crippen LogP contribution in [0.3, 0.4) is 0 Å². The quantitative estimate of drug-likeness (QED) is 0.181. The highest BCUT2D eigenvalue weighted by Crippen LogP contribution is 2.48. The van der Waals surface area contributed by atoms with Gasteiger partial charge in [0.25, 0.3) is 0 Å². The number of ether oxygens (including phenoxy) is 3. The third-order valence-corrected chi connectivity index (χ3v) is 7.09. The Hall–Kier alpha value is -3.09. The molecule has 0 aliphatic heterocycles. The second kappa shape index (κ2) is 13.5. The SMILES string of the molecule is CCCCOc1ccc(C2(N(OCc3ccccc3)c3ccnc(COC)c3OC)CCCCC2)cc1. The van der Waals surface area contributed by atoms with Crippen molar-refractivity contribution in [1.29, 1.82) is 0 Å². The Bertz CT molecular complexity index is 1080. The topological polar surface area (TPSA) is 53.1 Å². The van der Waals surface area contributed by atoms with Crippen LogP contribution in [0.2, 0.25) is 0 Å². The van der Waals surface area contributed by atoms with Crippen LogP contribution in [0.4, 0.5) is 5.69 Å². The Labute approximate surface area is 221 Å². The van der Waals surface area contributed by atoms with Gasteiger partial charge in [-0.1, -0.05) is 75.1 Å². The number of rotatable bonds is 13. The number of hydrogen-bond acceptors (Lipinski definition) is 6. The lowest BCUT2D eigenvalue weighted by atomic mass is 9.76. The largest absolute Gasteiger partial charge is 0.494 e. The van der Waals surface area contributed by atoms with Gasteiger partial charge < -0.3 is 14.2 Å². The molecule has 1 aromatic heterocycles. The number of benzene rings is 2. The Balaban J connectivity index is 1.76. The Morgan fingerprint density at radius 3 is 2.32 bits per heavy atom. The molecule has 4 rings (SSSR count). The van der Waals surface area contributed by atoms with Gasteiger partial charge in [0.15, 0.2) is 5.75 Å². The summed E-state index contributed by atoms with van der Waals surface area (Å²) >= 11 is 0. The molecule has 1 fully saturated rings. The summed E-state index contributed by atoms with van der Waals surface area (Å²) in [6, 6.07) is 20.9. The zero-order chi connectivity index (χ0) is 25.9. The molecule has 1 aliphatic rings. The second-order valence-electron chi connectivity index (χ2n) is 9.62. The zero-order valence-corrected chi connectivity index (χ0v) is 22.4. The highest BCUT2D eigenvalue weighted by atomic mass is 16.7. The molecule has 0 unspecified atom stereocenters. The molecule has 37 heavy (non-hydrogen) atoms. The standard InChI is InChI=1S/C31H40N2O4/c1-4-5-22-36-27-16-14-26(15-17-27)31(19-10-7-11-20-31)33(37-23-25-12-8-6-9-13-25)29-18-21-32-28(24-34-2)30(29)35-3/h6,8-9,12-18,21H,4-5,7,10-11,19-20,22-24H2,1-3H3. The Kier molecular flexibility index (Phi) is 9.80. The predicted molar refractivity (Wildman–Crippen MR) is 147 cm³/mol. The van der Waals surface area contributed by atoms with Gasteiger partial charge in [-0.3, -0.25) is 9.82 Å². The summed E-state index contributed by atoms with van der Waals surface area (Å²) in [5.74, 6) is 1.59. The van der Waals surface area contributed by atoms with Crippen LogP contribution >= 0.6 is 0 Å². The number of nitrogens with zero attached hydrogens (tertiary/aromatic N) is 2. The van der Waals surface area contributed by atoms with E-state index in [1.54, 1.807) is 14.2 Å². The van der Waals surface area contributed by atoms with Gasteiger partial charge in [-0.25, -0.2) is 5.06 Å². The molecule has 0 saturated heterocycles. The predicted octanol–water partition coefficient (Wildman–Crippen LogP) is 7.21. The van der Waals surface area contributed by atoms with Crippen molar-refractivity contribution in [3.8, 4) is 11.5 Å². The maximum atomic E-state index is 6.75. The average molecular weight is 505 g/mol. The van der Waals surface area contributed by atoms with Gasteiger partial charge in [0.1, 0.15) is 17.1 Å². The molecule has 0 atom stereocenters. The summed E-state index contributed by atoms with van der Waals surface area (Å²) in [6.07, 6.45) is 9.40. The van der Waals surface area contributed by atoms with Crippen molar-refractivity contribution >= 4 is 5.69 Å². The maximum absolute atomic E-state index is 6.75. The van der Waals surface area contributed by atoms with Gasteiger partial charge in [0.2, 0.25) is 0 Å². The molecule has 0 N–H and O–H groups in total. The Morgan fingerprint density at radius 1 is 0.892 bits per heavy atom. The van der Waals surface area contributed by atoms with Crippen LogP contribution in [0.1, 0.15) is 68.7 Å². The van der Waals surface area contributed by atoms with E-state index in [1.165, 1.54) is 12.0 Å². The lowest BCUT2D eigenvalue weighted by Gasteiger charge is -2.47. The van der Waals surface area contributed by atoms with E-state index in [2.05, 4.69) is 53.4 Å². The van der Waals surface area contributed by atoms with E-state index in [0.29, 0.717) is 19.0 Å². The van der Waals surface area contributed by atoms with Gasteiger partial charge >= 0.3 is 0 Å². The van der Waals surface area contributed by atoms with Crippen molar-refractivity contribution < 1.29 is 19.0 Å². The minimum atomic E-state index is -0.353. The van der Waals surface area contributed by atoms with Crippen LogP contribution in [0.5, 0.6) is 11.5 Å². The number of pyridine rings is 1. The molecular weight excluding hydrogens is 464 g/mol. The summed E-state index contributed by atoms with van der Waals surface area (Å²) in [6.45, 7) is 3.73. The molecule has 0 spiro atoms. The fraction of sp³-hybridized carbons (Fsp3) is 0.452. The van der Waals surface area contributed by atoms with E-state index >= 15 is 0 Å². The normalized spacial score (nSPS) is 14.8. The number of aromatic nitrogens is 1. The van der Waals surface area contributed by atoms with E-state index < -0.39 is 0 Å². The first-order chi connectivity index (χ1) is 18.2. The molecule has 0 radical (unpaired) electrons. The van der Waals surface area contributed by atoms with E-state index in [9.17, 15) is 0 Å². The molecule has 198 valence electrons. The van der Waals surface area contributed by atoms with Crippen LogP contribution < -0.4 is 14.5 Å². The van der Waals surface area contributed by atoms with Crippen LogP contribution in [0.15, 0.2) is 66.9 Å². The fourth-order valence-corrected chi connectivity index (χ4v) is 5.18. The smallest absolute Gasteiger partial charge is 0.168 e. The molecule has 1 saturated carbocycles. The fourth-order valence-electron chi connectivity index (χ4n) is 5.18. The lowest BCUT2D eigenvalue weighted by molar-refractivity contribution is 0.0190. The van der Waals surface area contributed by atoms with Crippen LogP contribution in [-0.2, 0) is 28.3 Å². The van der Waals surface area contributed by atoms with E-state index in [0.717, 1.165) is 67.8 Å². The summed E-state index contributed by atoms with van der Waals surface area (Å²) in [7, 11) is 3.36. The van der Waals surface area contributed by atoms with E-state index in [1.807, 2.05) is 30.5 Å². The first-order valence-electron chi connectivity index (χ1n) is 13.4.